The van der Waals surface area contributed by atoms with Gasteiger partial charge in [0, 0.05) is 22.8 Å². The van der Waals surface area contributed by atoms with Crippen LogP contribution in [0.15, 0.2) is 42.9 Å². The minimum atomic E-state index is 0.664. The standard InChI is InChI=1S/C14H8ClN3/c1-2-10-8-17-18(9-10)14-5-6-16-13-7-11(15)3-4-12(13)14/h1,3-9H. The molecule has 3 nitrogen and oxygen atoms in total. The van der Waals surface area contributed by atoms with Crippen LogP contribution in [0.4, 0.5) is 0 Å². The first-order valence-electron chi connectivity index (χ1n) is 5.34. The van der Waals surface area contributed by atoms with Crippen molar-refractivity contribution in [2.45, 2.75) is 0 Å². The Labute approximate surface area is 109 Å². The number of terminal acetylenes is 1. The van der Waals surface area contributed by atoms with Gasteiger partial charge in [-0.1, -0.05) is 17.5 Å². The first kappa shape index (κ1) is 10.8. The average molecular weight is 254 g/mol. The van der Waals surface area contributed by atoms with Gasteiger partial charge in [0.05, 0.1) is 23.0 Å². The molecule has 2 heterocycles. The lowest BCUT2D eigenvalue weighted by Gasteiger charge is -2.05. The van der Waals surface area contributed by atoms with Gasteiger partial charge < -0.3 is 0 Å². The van der Waals surface area contributed by atoms with Crippen LogP contribution >= 0.6 is 11.6 Å². The molecule has 0 amide bonds. The quantitative estimate of drug-likeness (QED) is 0.624. The molecule has 0 unspecified atom stereocenters. The molecule has 18 heavy (non-hydrogen) atoms. The summed E-state index contributed by atoms with van der Waals surface area (Å²) in [7, 11) is 0. The molecule has 0 saturated carbocycles. The van der Waals surface area contributed by atoms with Crippen molar-refractivity contribution >= 4 is 22.5 Å². The van der Waals surface area contributed by atoms with E-state index >= 15 is 0 Å². The molecule has 0 aliphatic carbocycles. The van der Waals surface area contributed by atoms with E-state index in [4.69, 9.17) is 18.0 Å². The predicted molar refractivity (Wildman–Crippen MR) is 71.8 cm³/mol. The molecule has 2 aromatic heterocycles. The second kappa shape index (κ2) is 4.17. The van der Waals surface area contributed by atoms with Crippen molar-refractivity contribution in [2.75, 3.05) is 0 Å². The Morgan fingerprint density at radius 1 is 1.28 bits per heavy atom. The van der Waals surface area contributed by atoms with Crippen LogP contribution in [0.1, 0.15) is 5.56 Å². The zero-order valence-corrected chi connectivity index (χ0v) is 10.1. The third-order valence-corrected chi connectivity index (χ3v) is 2.91. The molecule has 0 radical (unpaired) electrons. The fourth-order valence-corrected chi connectivity index (χ4v) is 2.00. The summed E-state index contributed by atoms with van der Waals surface area (Å²) in [6.07, 6.45) is 10.5. The molecule has 0 saturated heterocycles. The predicted octanol–water partition coefficient (Wildman–Crippen LogP) is 3.06. The van der Waals surface area contributed by atoms with E-state index in [1.54, 1.807) is 17.1 Å². The number of aromatic nitrogens is 3. The number of benzene rings is 1. The van der Waals surface area contributed by atoms with Gasteiger partial charge in [-0.2, -0.15) is 5.10 Å². The maximum atomic E-state index is 5.95. The molecule has 1 aromatic carbocycles. The van der Waals surface area contributed by atoms with Crippen LogP contribution in [0.3, 0.4) is 0 Å². The van der Waals surface area contributed by atoms with Gasteiger partial charge in [-0.15, -0.1) is 6.42 Å². The Morgan fingerprint density at radius 2 is 2.17 bits per heavy atom. The zero-order chi connectivity index (χ0) is 12.5. The molecule has 4 heteroatoms. The molecule has 0 aliphatic heterocycles. The van der Waals surface area contributed by atoms with Crippen molar-refractivity contribution in [3.63, 3.8) is 0 Å². The number of nitrogens with zero attached hydrogens (tertiary/aromatic N) is 3. The number of rotatable bonds is 1. The number of hydrogen-bond acceptors (Lipinski definition) is 2. The summed E-state index contributed by atoms with van der Waals surface area (Å²) >= 11 is 5.95. The average Bonchev–Trinajstić information content (AvgIpc) is 2.86. The van der Waals surface area contributed by atoms with Crippen molar-refractivity contribution in [1.29, 1.82) is 0 Å². The van der Waals surface area contributed by atoms with Crippen LogP contribution in [0.5, 0.6) is 0 Å². The molecule has 0 spiro atoms. The molecule has 0 aliphatic rings. The van der Waals surface area contributed by atoms with E-state index in [-0.39, 0.29) is 0 Å². The van der Waals surface area contributed by atoms with E-state index in [0.717, 1.165) is 22.2 Å². The second-order valence-electron chi connectivity index (χ2n) is 3.81. The van der Waals surface area contributed by atoms with Crippen LogP contribution in [0, 0.1) is 12.3 Å². The number of hydrogen-bond donors (Lipinski definition) is 0. The molecule has 3 aromatic rings. The highest BCUT2D eigenvalue weighted by atomic mass is 35.5. The monoisotopic (exact) mass is 253 g/mol. The molecule has 3 rings (SSSR count). The van der Waals surface area contributed by atoms with E-state index in [2.05, 4.69) is 16.0 Å². The fourth-order valence-electron chi connectivity index (χ4n) is 1.84. The molecule has 0 fully saturated rings. The Hall–Kier alpha value is -2.31. The van der Waals surface area contributed by atoms with Crippen LogP contribution in [-0.4, -0.2) is 14.8 Å². The minimum absolute atomic E-state index is 0.664. The molecule has 0 bridgehead atoms. The van der Waals surface area contributed by atoms with E-state index in [1.165, 1.54) is 0 Å². The maximum absolute atomic E-state index is 5.95. The Bertz CT molecular complexity index is 768. The van der Waals surface area contributed by atoms with E-state index in [1.807, 2.05) is 30.5 Å². The van der Waals surface area contributed by atoms with Gasteiger partial charge in [0.25, 0.3) is 0 Å². The highest BCUT2D eigenvalue weighted by Gasteiger charge is 2.05. The lowest BCUT2D eigenvalue weighted by molar-refractivity contribution is 0.886. The summed E-state index contributed by atoms with van der Waals surface area (Å²) < 4.78 is 1.74. The largest absolute Gasteiger partial charge is 0.256 e. The Morgan fingerprint density at radius 3 is 2.94 bits per heavy atom. The molecule has 0 N–H and O–H groups in total. The normalized spacial score (nSPS) is 10.4. The van der Waals surface area contributed by atoms with Crippen molar-refractivity contribution < 1.29 is 0 Å². The van der Waals surface area contributed by atoms with Gasteiger partial charge >= 0.3 is 0 Å². The molecular weight excluding hydrogens is 246 g/mol. The molecule has 0 atom stereocenters. The number of halogens is 1. The number of pyridine rings is 1. The van der Waals surface area contributed by atoms with Gasteiger partial charge in [0.2, 0.25) is 0 Å². The zero-order valence-electron chi connectivity index (χ0n) is 9.34. The third kappa shape index (κ3) is 1.73. The first-order valence-corrected chi connectivity index (χ1v) is 5.71. The molecular formula is C14H8ClN3. The van der Waals surface area contributed by atoms with Crippen LogP contribution in [0.2, 0.25) is 5.02 Å². The third-order valence-electron chi connectivity index (χ3n) is 2.68. The van der Waals surface area contributed by atoms with Crippen molar-refractivity contribution in [1.82, 2.24) is 14.8 Å². The van der Waals surface area contributed by atoms with Gasteiger partial charge in [-0.25, -0.2) is 4.68 Å². The summed E-state index contributed by atoms with van der Waals surface area (Å²) in [5.74, 6) is 2.55. The lowest BCUT2D eigenvalue weighted by Crippen LogP contribution is -1.96. The summed E-state index contributed by atoms with van der Waals surface area (Å²) in [6, 6.07) is 7.48. The van der Waals surface area contributed by atoms with Gasteiger partial charge in [0.15, 0.2) is 0 Å². The summed E-state index contributed by atoms with van der Waals surface area (Å²) in [6.45, 7) is 0. The van der Waals surface area contributed by atoms with Crippen molar-refractivity contribution in [3.8, 4) is 18.0 Å². The maximum Gasteiger partial charge on any atom is 0.0755 e. The highest BCUT2D eigenvalue weighted by Crippen LogP contribution is 2.23. The summed E-state index contributed by atoms with van der Waals surface area (Å²) in [5, 5.41) is 5.89. The SMILES string of the molecule is C#Cc1cnn(-c2ccnc3cc(Cl)ccc23)c1. The van der Waals surface area contributed by atoms with Crippen molar-refractivity contribution in [3.05, 3.63) is 53.4 Å². The van der Waals surface area contributed by atoms with Gasteiger partial charge in [-0.3, -0.25) is 4.98 Å². The second-order valence-corrected chi connectivity index (χ2v) is 4.25. The Balaban J connectivity index is 2.26. The lowest BCUT2D eigenvalue weighted by atomic mass is 10.2. The van der Waals surface area contributed by atoms with E-state index in [9.17, 15) is 0 Å². The van der Waals surface area contributed by atoms with Gasteiger partial charge in [0.1, 0.15) is 0 Å². The van der Waals surface area contributed by atoms with E-state index < -0.39 is 0 Å². The van der Waals surface area contributed by atoms with Crippen LogP contribution in [0.25, 0.3) is 16.6 Å². The van der Waals surface area contributed by atoms with Gasteiger partial charge in [-0.05, 0) is 24.3 Å². The van der Waals surface area contributed by atoms with Crippen molar-refractivity contribution in [2.24, 2.45) is 0 Å². The summed E-state index contributed by atoms with van der Waals surface area (Å²) in [4.78, 5) is 4.29. The topological polar surface area (TPSA) is 30.7 Å². The highest BCUT2D eigenvalue weighted by molar-refractivity contribution is 6.31. The number of fused-ring (bicyclic) bond motifs is 1. The Kier molecular flexibility index (Phi) is 2.51. The van der Waals surface area contributed by atoms with E-state index in [0.29, 0.717) is 5.02 Å². The van der Waals surface area contributed by atoms with Crippen LogP contribution < -0.4 is 0 Å². The fraction of sp³-hybridized carbons (Fsp3) is 0. The first-order chi connectivity index (χ1) is 8.78. The summed E-state index contributed by atoms with van der Waals surface area (Å²) in [5.41, 5.74) is 2.50. The minimum Gasteiger partial charge on any atom is -0.256 e. The molecule has 86 valence electrons. The van der Waals surface area contributed by atoms with Crippen LogP contribution in [-0.2, 0) is 0 Å². The smallest absolute Gasteiger partial charge is 0.0755 e.